The standard InChI is InChI=1S/C7H10.C2H4O2/c1-2-7-4-3-6(1)5-7;1-4-2-3/h1-2,6-7H,3-5H2;2H,1H3. The Morgan fingerprint density at radius 2 is 1.82 bits per heavy atom. The summed E-state index contributed by atoms with van der Waals surface area (Å²) in [6.45, 7) is 0.375. The molecule has 2 rings (SSSR count). The van der Waals surface area contributed by atoms with Crippen LogP contribution in [0.15, 0.2) is 12.2 Å². The van der Waals surface area contributed by atoms with E-state index < -0.39 is 0 Å². The van der Waals surface area contributed by atoms with Crippen molar-refractivity contribution in [2.24, 2.45) is 11.8 Å². The molecule has 2 atom stereocenters. The van der Waals surface area contributed by atoms with Gasteiger partial charge in [-0.3, -0.25) is 4.79 Å². The molecule has 0 heterocycles. The summed E-state index contributed by atoms with van der Waals surface area (Å²) < 4.78 is 3.86. The van der Waals surface area contributed by atoms with E-state index >= 15 is 0 Å². The maximum atomic E-state index is 8.95. The van der Waals surface area contributed by atoms with Crippen LogP contribution >= 0.6 is 0 Å². The maximum absolute atomic E-state index is 8.95. The average Bonchev–Trinajstić information content (AvgIpc) is 2.67. The Bertz CT molecular complexity index is 140. The van der Waals surface area contributed by atoms with Gasteiger partial charge in [0, 0.05) is 0 Å². The zero-order valence-corrected chi connectivity index (χ0v) is 6.82. The minimum Gasteiger partial charge on any atom is -0.471 e. The number of fused-ring (bicyclic) bond motifs is 2. The summed E-state index contributed by atoms with van der Waals surface area (Å²) in [6, 6.07) is 0. The highest BCUT2D eigenvalue weighted by Crippen LogP contribution is 2.38. The van der Waals surface area contributed by atoms with Crippen molar-refractivity contribution in [2.45, 2.75) is 19.3 Å². The topological polar surface area (TPSA) is 26.3 Å². The van der Waals surface area contributed by atoms with Crippen LogP contribution in [0.1, 0.15) is 19.3 Å². The number of hydrogen-bond acceptors (Lipinski definition) is 2. The molecule has 0 aromatic carbocycles. The highest BCUT2D eigenvalue weighted by atomic mass is 16.5. The summed E-state index contributed by atoms with van der Waals surface area (Å²) in [5.41, 5.74) is 0. The third-order valence-electron chi connectivity index (χ3n) is 2.27. The lowest BCUT2D eigenvalue weighted by atomic mass is 10.1. The molecule has 0 aromatic heterocycles. The van der Waals surface area contributed by atoms with Gasteiger partial charge in [0.05, 0.1) is 7.11 Å². The molecule has 0 aromatic rings. The molecule has 62 valence electrons. The molecular weight excluding hydrogens is 140 g/mol. The van der Waals surface area contributed by atoms with Gasteiger partial charge in [-0.1, -0.05) is 12.2 Å². The van der Waals surface area contributed by atoms with Crippen LogP contribution < -0.4 is 0 Å². The summed E-state index contributed by atoms with van der Waals surface area (Å²) in [7, 11) is 1.31. The van der Waals surface area contributed by atoms with Crippen molar-refractivity contribution in [3.05, 3.63) is 12.2 Å². The normalized spacial score (nSPS) is 31.0. The first-order valence-electron chi connectivity index (χ1n) is 4.01. The summed E-state index contributed by atoms with van der Waals surface area (Å²) in [6.07, 6.45) is 9.19. The van der Waals surface area contributed by atoms with Gasteiger partial charge in [-0.05, 0) is 31.1 Å². The van der Waals surface area contributed by atoms with Gasteiger partial charge in [0.2, 0.25) is 0 Å². The fourth-order valence-corrected chi connectivity index (χ4v) is 1.72. The lowest BCUT2D eigenvalue weighted by molar-refractivity contribution is -0.126. The summed E-state index contributed by atoms with van der Waals surface area (Å²) >= 11 is 0. The monoisotopic (exact) mass is 154 g/mol. The molecule has 0 aliphatic heterocycles. The molecule has 0 radical (unpaired) electrons. The van der Waals surface area contributed by atoms with Crippen LogP contribution in [0.4, 0.5) is 0 Å². The lowest BCUT2D eigenvalue weighted by Gasteiger charge is -1.96. The number of methoxy groups -OCH3 is 1. The lowest BCUT2D eigenvalue weighted by Crippen LogP contribution is -1.82. The highest BCUT2D eigenvalue weighted by molar-refractivity contribution is 5.36. The smallest absolute Gasteiger partial charge is 0.292 e. The van der Waals surface area contributed by atoms with E-state index in [0.717, 1.165) is 11.8 Å². The van der Waals surface area contributed by atoms with Gasteiger partial charge in [0.15, 0.2) is 0 Å². The second kappa shape index (κ2) is 4.16. The van der Waals surface area contributed by atoms with Crippen LogP contribution in [0.25, 0.3) is 0 Å². The maximum Gasteiger partial charge on any atom is 0.292 e. The third kappa shape index (κ3) is 2.37. The second-order valence-corrected chi connectivity index (χ2v) is 3.05. The first-order chi connectivity index (χ1) is 5.36. The fraction of sp³-hybridized carbons (Fsp3) is 0.667. The fourth-order valence-electron chi connectivity index (χ4n) is 1.72. The van der Waals surface area contributed by atoms with E-state index in [4.69, 9.17) is 4.79 Å². The van der Waals surface area contributed by atoms with E-state index in [1.54, 1.807) is 0 Å². The van der Waals surface area contributed by atoms with Gasteiger partial charge >= 0.3 is 0 Å². The Labute approximate surface area is 67.2 Å². The summed E-state index contributed by atoms with van der Waals surface area (Å²) in [5, 5.41) is 0. The van der Waals surface area contributed by atoms with Gasteiger partial charge in [-0.25, -0.2) is 0 Å². The number of rotatable bonds is 1. The molecule has 1 fully saturated rings. The highest BCUT2D eigenvalue weighted by Gasteiger charge is 2.25. The summed E-state index contributed by atoms with van der Waals surface area (Å²) in [5.74, 6) is 1.98. The van der Waals surface area contributed by atoms with Gasteiger partial charge in [0.1, 0.15) is 0 Å². The Balaban J connectivity index is 0.000000134. The second-order valence-electron chi connectivity index (χ2n) is 3.05. The van der Waals surface area contributed by atoms with Crippen molar-refractivity contribution in [3.8, 4) is 0 Å². The zero-order chi connectivity index (χ0) is 8.10. The quantitative estimate of drug-likeness (QED) is 0.425. The molecule has 0 spiro atoms. The minimum atomic E-state index is 0.375. The molecule has 11 heavy (non-hydrogen) atoms. The summed E-state index contributed by atoms with van der Waals surface area (Å²) in [4.78, 5) is 8.95. The Kier molecular flexibility index (Phi) is 3.14. The third-order valence-corrected chi connectivity index (χ3v) is 2.27. The molecule has 2 unspecified atom stereocenters. The van der Waals surface area contributed by atoms with E-state index in [1.807, 2.05) is 0 Å². The van der Waals surface area contributed by atoms with Crippen LogP contribution in [0.2, 0.25) is 0 Å². The van der Waals surface area contributed by atoms with Gasteiger partial charge in [-0.2, -0.15) is 0 Å². The van der Waals surface area contributed by atoms with Crippen LogP contribution in [0.3, 0.4) is 0 Å². The van der Waals surface area contributed by atoms with Crippen molar-refractivity contribution >= 4 is 6.47 Å². The molecule has 1 saturated carbocycles. The van der Waals surface area contributed by atoms with E-state index in [1.165, 1.54) is 26.4 Å². The largest absolute Gasteiger partial charge is 0.471 e. The van der Waals surface area contributed by atoms with Gasteiger partial charge in [0.25, 0.3) is 6.47 Å². The zero-order valence-electron chi connectivity index (χ0n) is 6.82. The van der Waals surface area contributed by atoms with Crippen molar-refractivity contribution in [1.82, 2.24) is 0 Å². The predicted octanol–water partition coefficient (Wildman–Crippen LogP) is 1.76. The number of carbonyl (C=O) groups is 1. The van der Waals surface area contributed by atoms with E-state index in [2.05, 4.69) is 16.9 Å². The first-order valence-corrected chi connectivity index (χ1v) is 4.01. The molecule has 0 amide bonds. The van der Waals surface area contributed by atoms with E-state index in [-0.39, 0.29) is 0 Å². The molecule has 2 bridgehead atoms. The van der Waals surface area contributed by atoms with Gasteiger partial charge < -0.3 is 4.74 Å². The molecule has 0 N–H and O–H groups in total. The molecule has 0 saturated heterocycles. The minimum absolute atomic E-state index is 0.375. The number of ether oxygens (including phenoxy) is 1. The predicted molar refractivity (Wildman–Crippen MR) is 43.0 cm³/mol. The Morgan fingerprint density at radius 3 is 1.91 bits per heavy atom. The molecular formula is C9H14O2. The number of carbonyl (C=O) groups excluding carboxylic acids is 1. The molecule has 2 aliphatic carbocycles. The molecule has 2 heteroatoms. The van der Waals surface area contributed by atoms with E-state index in [0.29, 0.717) is 6.47 Å². The van der Waals surface area contributed by atoms with Crippen molar-refractivity contribution < 1.29 is 9.53 Å². The van der Waals surface area contributed by atoms with Crippen LogP contribution in [-0.4, -0.2) is 13.6 Å². The van der Waals surface area contributed by atoms with Gasteiger partial charge in [-0.15, -0.1) is 0 Å². The van der Waals surface area contributed by atoms with Crippen molar-refractivity contribution in [1.29, 1.82) is 0 Å². The Morgan fingerprint density at radius 1 is 1.36 bits per heavy atom. The van der Waals surface area contributed by atoms with Crippen molar-refractivity contribution in [3.63, 3.8) is 0 Å². The van der Waals surface area contributed by atoms with Crippen LogP contribution in [0.5, 0.6) is 0 Å². The Hall–Kier alpha value is -0.790. The first kappa shape index (κ1) is 8.31. The number of allylic oxidation sites excluding steroid dienone is 2. The molecule has 2 nitrogen and oxygen atoms in total. The van der Waals surface area contributed by atoms with E-state index in [9.17, 15) is 0 Å². The SMILES string of the molecule is C1=CC2CCC1C2.COC=O. The van der Waals surface area contributed by atoms with Crippen molar-refractivity contribution in [2.75, 3.05) is 7.11 Å². The molecule has 2 aliphatic rings. The van der Waals surface area contributed by atoms with Crippen LogP contribution in [-0.2, 0) is 9.53 Å². The number of hydrogen-bond donors (Lipinski definition) is 0. The van der Waals surface area contributed by atoms with Crippen LogP contribution in [0, 0.1) is 11.8 Å². The average molecular weight is 154 g/mol.